The summed E-state index contributed by atoms with van der Waals surface area (Å²) in [5.41, 5.74) is 1.07. The molecule has 1 saturated heterocycles. The van der Waals surface area contributed by atoms with Gasteiger partial charge in [0.05, 0.1) is 16.6 Å². The predicted octanol–water partition coefficient (Wildman–Crippen LogP) is 4.23. The van der Waals surface area contributed by atoms with Gasteiger partial charge in [-0.05, 0) is 49.2 Å². The van der Waals surface area contributed by atoms with Gasteiger partial charge in [0.15, 0.2) is 0 Å². The number of alkyl halides is 3. The van der Waals surface area contributed by atoms with E-state index in [1.165, 1.54) is 25.1 Å². The summed E-state index contributed by atoms with van der Waals surface area (Å²) < 4.78 is 46.3. The van der Waals surface area contributed by atoms with E-state index in [9.17, 15) is 23.3 Å². The molecule has 0 aliphatic carbocycles. The second kappa shape index (κ2) is 8.09. The summed E-state index contributed by atoms with van der Waals surface area (Å²) in [6.07, 6.45) is -4.29. The van der Waals surface area contributed by atoms with E-state index in [4.69, 9.17) is 10.00 Å². The molecule has 3 unspecified atom stereocenters. The number of hydrogen-bond acceptors (Lipinski definition) is 5. The maximum atomic E-state index is 13.6. The second-order valence-corrected chi connectivity index (χ2v) is 6.98. The Balaban J connectivity index is 1.75. The monoisotopic (exact) mass is 405 g/mol. The molecule has 3 atom stereocenters. The van der Waals surface area contributed by atoms with E-state index >= 15 is 0 Å². The van der Waals surface area contributed by atoms with Crippen LogP contribution in [0.4, 0.5) is 18.9 Å². The maximum Gasteiger partial charge on any atom is 0.404 e. The highest BCUT2D eigenvalue weighted by Gasteiger charge is 2.50. The van der Waals surface area contributed by atoms with Gasteiger partial charge in [-0.15, -0.1) is 0 Å². The Morgan fingerprint density at radius 1 is 1.28 bits per heavy atom. The number of halogens is 3. The summed E-state index contributed by atoms with van der Waals surface area (Å²) in [4.78, 5) is 10.4. The SMILES string of the molecule is Cc1cc(C2CC(COc3ccc(C#N)cc3)NC2C(F)(F)F)ccc1[N+](=O)[O-]. The average Bonchev–Trinajstić information content (AvgIpc) is 3.11. The molecule has 3 rings (SSSR count). The fraction of sp³-hybridized carbons (Fsp3) is 0.350. The van der Waals surface area contributed by atoms with Crippen LogP contribution in [0.3, 0.4) is 0 Å². The molecule has 0 amide bonds. The van der Waals surface area contributed by atoms with Gasteiger partial charge in [0.1, 0.15) is 18.4 Å². The third kappa shape index (κ3) is 4.66. The molecule has 0 spiro atoms. The molecule has 29 heavy (non-hydrogen) atoms. The van der Waals surface area contributed by atoms with E-state index in [1.54, 1.807) is 24.3 Å². The van der Waals surface area contributed by atoms with Crippen LogP contribution in [-0.4, -0.2) is 29.8 Å². The zero-order chi connectivity index (χ0) is 21.2. The number of nitriles is 1. The molecule has 0 aromatic heterocycles. The van der Waals surface area contributed by atoms with Crippen LogP contribution < -0.4 is 10.1 Å². The summed E-state index contributed by atoms with van der Waals surface area (Å²) in [6.45, 7) is 1.54. The van der Waals surface area contributed by atoms with Crippen LogP contribution in [0.15, 0.2) is 42.5 Å². The Hall–Kier alpha value is -3.12. The first-order valence-electron chi connectivity index (χ1n) is 8.89. The number of nitrogens with zero attached hydrogens (tertiary/aromatic N) is 2. The molecular formula is C20H18F3N3O3. The fourth-order valence-electron chi connectivity index (χ4n) is 3.58. The minimum Gasteiger partial charge on any atom is -0.492 e. The lowest BCUT2D eigenvalue weighted by molar-refractivity contribution is -0.385. The number of aryl methyl sites for hydroxylation is 1. The molecule has 6 nitrogen and oxygen atoms in total. The van der Waals surface area contributed by atoms with Crippen molar-refractivity contribution in [1.82, 2.24) is 5.32 Å². The van der Waals surface area contributed by atoms with Crippen LogP contribution in [0.1, 0.15) is 29.0 Å². The molecule has 1 aliphatic rings. The van der Waals surface area contributed by atoms with Gasteiger partial charge in [-0.2, -0.15) is 18.4 Å². The van der Waals surface area contributed by atoms with Crippen LogP contribution in [-0.2, 0) is 0 Å². The molecule has 2 aromatic rings. The van der Waals surface area contributed by atoms with Crippen LogP contribution in [0, 0.1) is 28.4 Å². The lowest BCUT2D eigenvalue weighted by Crippen LogP contribution is -2.44. The van der Waals surface area contributed by atoms with Crippen molar-refractivity contribution in [3.8, 4) is 11.8 Å². The number of rotatable bonds is 5. The maximum absolute atomic E-state index is 13.6. The van der Waals surface area contributed by atoms with Crippen LogP contribution in [0.25, 0.3) is 0 Å². The third-order valence-corrected chi connectivity index (χ3v) is 4.99. The van der Waals surface area contributed by atoms with E-state index in [1.807, 2.05) is 6.07 Å². The molecule has 1 heterocycles. The van der Waals surface area contributed by atoms with Gasteiger partial charge >= 0.3 is 6.18 Å². The number of nitro benzene ring substituents is 1. The molecule has 2 aromatic carbocycles. The minimum atomic E-state index is -4.47. The molecule has 9 heteroatoms. The van der Waals surface area contributed by atoms with Crippen LogP contribution in [0.5, 0.6) is 5.75 Å². The highest BCUT2D eigenvalue weighted by Crippen LogP contribution is 2.40. The fourth-order valence-corrected chi connectivity index (χ4v) is 3.58. The molecule has 1 fully saturated rings. The van der Waals surface area contributed by atoms with Gasteiger partial charge in [0.25, 0.3) is 5.69 Å². The van der Waals surface area contributed by atoms with Crippen molar-refractivity contribution >= 4 is 5.69 Å². The van der Waals surface area contributed by atoms with E-state index in [2.05, 4.69) is 5.32 Å². The van der Waals surface area contributed by atoms with Crippen molar-refractivity contribution in [1.29, 1.82) is 5.26 Å². The lowest BCUT2D eigenvalue weighted by Gasteiger charge is -2.23. The Morgan fingerprint density at radius 2 is 1.97 bits per heavy atom. The quantitative estimate of drug-likeness (QED) is 0.594. The number of benzene rings is 2. The summed E-state index contributed by atoms with van der Waals surface area (Å²) in [5.74, 6) is -0.409. The van der Waals surface area contributed by atoms with E-state index < -0.39 is 29.1 Å². The lowest BCUT2D eigenvalue weighted by atomic mass is 9.89. The van der Waals surface area contributed by atoms with Gasteiger partial charge in [0.2, 0.25) is 0 Å². The van der Waals surface area contributed by atoms with Crippen molar-refractivity contribution in [2.45, 2.75) is 37.5 Å². The van der Waals surface area contributed by atoms with Gasteiger partial charge < -0.3 is 4.74 Å². The molecule has 0 bridgehead atoms. The molecular weight excluding hydrogens is 387 g/mol. The van der Waals surface area contributed by atoms with Gasteiger partial charge in [-0.25, -0.2) is 0 Å². The zero-order valence-corrected chi connectivity index (χ0v) is 15.4. The zero-order valence-electron chi connectivity index (χ0n) is 15.4. The molecule has 152 valence electrons. The first-order chi connectivity index (χ1) is 13.7. The highest BCUT2D eigenvalue weighted by atomic mass is 19.4. The van der Waals surface area contributed by atoms with E-state index in [0.29, 0.717) is 22.4 Å². The summed E-state index contributed by atoms with van der Waals surface area (Å²) in [6, 6.07) is 10.1. The van der Waals surface area contributed by atoms with Crippen molar-refractivity contribution in [2.75, 3.05) is 6.61 Å². The second-order valence-electron chi connectivity index (χ2n) is 6.98. The van der Waals surface area contributed by atoms with Crippen molar-refractivity contribution in [3.63, 3.8) is 0 Å². The summed E-state index contributed by atoms with van der Waals surface area (Å²) in [5, 5.41) is 22.4. The number of ether oxygens (including phenoxy) is 1. The molecule has 0 radical (unpaired) electrons. The van der Waals surface area contributed by atoms with E-state index in [-0.39, 0.29) is 18.7 Å². The average molecular weight is 405 g/mol. The van der Waals surface area contributed by atoms with Gasteiger partial charge in [-0.3, -0.25) is 15.4 Å². The third-order valence-electron chi connectivity index (χ3n) is 4.99. The van der Waals surface area contributed by atoms with Gasteiger partial charge in [0, 0.05) is 23.6 Å². The van der Waals surface area contributed by atoms with Crippen LogP contribution in [0.2, 0.25) is 0 Å². The van der Waals surface area contributed by atoms with Crippen molar-refractivity contribution in [3.05, 3.63) is 69.3 Å². The molecule has 1 N–H and O–H groups in total. The number of hydrogen-bond donors (Lipinski definition) is 1. The Kier molecular flexibility index (Phi) is 5.75. The Bertz CT molecular complexity index is 939. The van der Waals surface area contributed by atoms with Gasteiger partial charge in [-0.1, -0.05) is 6.07 Å². The number of nitrogens with one attached hydrogen (secondary N) is 1. The largest absolute Gasteiger partial charge is 0.492 e. The van der Waals surface area contributed by atoms with Crippen LogP contribution >= 0.6 is 0 Å². The first-order valence-corrected chi connectivity index (χ1v) is 8.89. The van der Waals surface area contributed by atoms with E-state index in [0.717, 1.165) is 0 Å². The van der Waals surface area contributed by atoms with Crippen molar-refractivity contribution < 1.29 is 22.8 Å². The Labute approximate surface area is 165 Å². The summed E-state index contributed by atoms with van der Waals surface area (Å²) in [7, 11) is 0. The Morgan fingerprint density at radius 3 is 2.52 bits per heavy atom. The standard InChI is InChI=1S/C20H18F3N3O3/c1-12-8-14(4-7-18(12)26(27)28)17-9-15(25-19(17)20(21,22)23)11-29-16-5-2-13(10-24)3-6-16/h2-8,15,17,19,25H,9,11H2,1H3. The smallest absolute Gasteiger partial charge is 0.404 e. The molecule has 0 saturated carbocycles. The predicted molar refractivity (Wildman–Crippen MR) is 98.6 cm³/mol. The first kappa shape index (κ1) is 20.6. The molecule has 1 aliphatic heterocycles. The topological polar surface area (TPSA) is 88.2 Å². The van der Waals surface area contributed by atoms with Crippen molar-refractivity contribution in [2.24, 2.45) is 0 Å². The highest BCUT2D eigenvalue weighted by molar-refractivity contribution is 5.43. The minimum absolute atomic E-state index is 0.0287. The summed E-state index contributed by atoms with van der Waals surface area (Å²) >= 11 is 0. The number of nitro groups is 1. The normalized spacial score (nSPS) is 21.6.